The summed E-state index contributed by atoms with van der Waals surface area (Å²) in [5.74, 6) is -2.16. The molecule has 9 nitrogen and oxygen atoms in total. The van der Waals surface area contributed by atoms with Gasteiger partial charge in [0.25, 0.3) is 0 Å². The van der Waals surface area contributed by atoms with Crippen molar-refractivity contribution in [3.63, 3.8) is 0 Å². The zero-order valence-electron chi connectivity index (χ0n) is 24.2. The summed E-state index contributed by atoms with van der Waals surface area (Å²) in [5.41, 5.74) is -1.33. The Morgan fingerprint density at radius 1 is 1.23 bits per heavy atom. The first-order valence-electron chi connectivity index (χ1n) is 13.8. The number of hydrogen-bond acceptors (Lipinski definition) is 9. The third-order valence-corrected chi connectivity index (χ3v) is 7.58. The number of esters is 2. The second kappa shape index (κ2) is 14.3. The van der Waals surface area contributed by atoms with Gasteiger partial charge in [-0.2, -0.15) is 0 Å². The van der Waals surface area contributed by atoms with Gasteiger partial charge < -0.3 is 29.5 Å². The quantitative estimate of drug-likeness (QED) is 0.171. The molecule has 0 radical (unpaired) electrons. The molecule has 9 heteroatoms. The maximum absolute atomic E-state index is 12.6. The fourth-order valence-corrected chi connectivity index (χ4v) is 4.88. The Labute approximate surface area is 231 Å². The molecule has 0 saturated carbocycles. The highest BCUT2D eigenvalue weighted by Crippen LogP contribution is 2.36. The second-order valence-electron chi connectivity index (χ2n) is 11.3. The molecule has 0 amide bonds. The first kappa shape index (κ1) is 32.9. The van der Waals surface area contributed by atoms with E-state index in [9.17, 15) is 29.7 Å². The summed E-state index contributed by atoms with van der Waals surface area (Å²) in [7, 11) is 0. The van der Waals surface area contributed by atoms with E-state index in [0.29, 0.717) is 6.42 Å². The van der Waals surface area contributed by atoms with Crippen molar-refractivity contribution in [3.05, 3.63) is 36.0 Å². The van der Waals surface area contributed by atoms with Crippen LogP contribution in [0.4, 0.5) is 0 Å². The number of ether oxygens (including phenoxy) is 3. The molecule has 3 N–H and O–H groups in total. The van der Waals surface area contributed by atoms with Gasteiger partial charge in [0.1, 0.15) is 6.10 Å². The standard InChI is InChI=1S/C30H46O9/c1-8-23(33)20(5)29-24(38-29)14-17(2)10-9-11-18(3)28-19(4)12-13-26(37-21(6)31)30(7,36)25(34)15-22(32)16-27(35)39-28/h9-13,17,19-20,22-24,26,28-29,32-33,36H,8,14-16H2,1-7H3. The van der Waals surface area contributed by atoms with E-state index >= 15 is 0 Å². The van der Waals surface area contributed by atoms with E-state index in [1.807, 2.05) is 39.0 Å². The molecule has 0 spiro atoms. The van der Waals surface area contributed by atoms with Crippen LogP contribution in [-0.4, -0.2) is 75.3 Å². The third kappa shape index (κ3) is 9.67. The molecule has 1 fully saturated rings. The van der Waals surface area contributed by atoms with Gasteiger partial charge in [0.2, 0.25) is 0 Å². The van der Waals surface area contributed by atoms with Crippen molar-refractivity contribution < 1.29 is 43.9 Å². The van der Waals surface area contributed by atoms with Crippen LogP contribution in [0.15, 0.2) is 36.0 Å². The van der Waals surface area contributed by atoms with Crippen LogP contribution in [0.25, 0.3) is 0 Å². The molecular formula is C30H46O9. The number of rotatable bonds is 9. The summed E-state index contributed by atoms with van der Waals surface area (Å²) in [5, 5.41) is 31.2. The van der Waals surface area contributed by atoms with Crippen molar-refractivity contribution >= 4 is 17.7 Å². The van der Waals surface area contributed by atoms with E-state index in [0.717, 1.165) is 12.0 Å². The van der Waals surface area contributed by atoms with Gasteiger partial charge in [-0.15, -0.1) is 0 Å². The van der Waals surface area contributed by atoms with Crippen molar-refractivity contribution in [2.75, 3.05) is 0 Å². The van der Waals surface area contributed by atoms with Crippen LogP contribution in [0.1, 0.15) is 74.1 Å². The molecule has 10 unspecified atom stereocenters. The normalized spacial score (nSPS) is 35.0. The lowest BCUT2D eigenvalue weighted by atomic mass is 9.87. The van der Waals surface area contributed by atoms with Crippen molar-refractivity contribution in [2.45, 2.75) is 116 Å². The second-order valence-corrected chi connectivity index (χ2v) is 11.3. The lowest BCUT2D eigenvalue weighted by molar-refractivity contribution is -0.163. The van der Waals surface area contributed by atoms with Crippen molar-refractivity contribution in [1.82, 2.24) is 0 Å². The smallest absolute Gasteiger partial charge is 0.309 e. The molecule has 0 bridgehead atoms. The van der Waals surface area contributed by atoms with Gasteiger partial charge in [-0.1, -0.05) is 52.0 Å². The summed E-state index contributed by atoms with van der Waals surface area (Å²) in [4.78, 5) is 36.9. The monoisotopic (exact) mass is 550 g/mol. The van der Waals surface area contributed by atoms with Gasteiger partial charge in [-0.3, -0.25) is 14.4 Å². The summed E-state index contributed by atoms with van der Waals surface area (Å²) in [6.07, 6.45) is 6.04. The average Bonchev–Trinajstić information content (AvgIpc) is 3.61. The van der Waals surface area contributed by atoms with E-state index in [4.69, 9.17) is 14.2 Å². The minimum absolute atomic E-state index is 0.0820. The minimum Gasteiger partial charge on any atom is -0.457 e. The maximum atomic E-state index is 12.6. The number of allylic oxidation sites excluding steroid dienone is 3. The molecule has 1 saturated heterocycles. The Kier molecular flexibility index (Phi) is 12.1. The molecule has 10 atom stereocenters. The van der Waals surface area contributed by atoms with Crippen LogP contribution in [0.5, 0.6) is 0 Å². The molecule has 220 valence electrons. The van der Waals surface area contributed by atoms with Gasteiger partial charge in [0.05, 0.1) is 30.8 Å². The first-order valence-corrected chi connectivity index (χ1v) is 13.8. The Hall–Kier alpha value is -2.33. The highest BCUT2D eigenvalue weighted by Gasteiger charge is 2.45. The molecule has 0 aromatic heterocycles. The van der Waals surface area contributed by atoms with E-state index in [1.54, 1.807) is 13.0 Å². The van der Waals surface area contributed by atoms with E-state index in [1.165, 1.54) is 19.9 Å². The van der Waals surface area contributed by atoms with E-state index in [-0.39, 0.29) is 30.1 Å². The Balaban J connectivity index is 2.17. The highest BCUT2D eigenvalue weighted by molar-refractivity contribution is 5.89. The summed E-state index contributed by atoms with van der Waals surface area (Å²) >= 11 is 0. The summed E-state index contributed by atoms with van der Waals surface area (Å²) in [6, 6.07) is 0. The summed E-state index contributed by atoms with van der Waals surface area (Å²) in [6.45, 7) is 12.1. The fourth-order valence-electron chi connectivity index (χ4n) is 4.88. The zero-order valence-corrected chi connectivity index (χ0v) is 24.2. The fraction of sp³-hybridized carbons (Fsp3) is 0.700. The Morgan fingerprint density at radius 3 is 2.51 bits per heavy atom. The van der Waals surface area contributed by atoms with Gasteiger partial charge in [0.15, 0.2) is 17.5 Å². The number of cyclic esters (lactones) is 1. The van der Waals surface area contributed by atoms with Crippen molar-refractivity contribution in [2.24, 2.45) is 17.8 Å². The first-order chi connectivity index (χ1) is 18.2. The predicted octanol–water partition coefficient (Wildman–Crippen LogP) is 3.20. The SMILES string of the molecule is CCC(O)C(C)C1OC1CC(C)C=CC=C(C)C1OC(=O)CC(O)CC(=O)C(C)(O)C(OC(C)=O)C=CC1C. The number of Topliss-reactive ketones (excluding diaryl/α,β-unsaturated/α-hetero) is 1. The minimum atomic E-state index is -2.08. The van der Waals surface area contributed by atoms with Crippen LogP contribution >= 0.6 is 0 Å². The molecule has 0 aromatic rings. The number of aliphatic hydroxyl groups excluding tert-OH is 2. The third-order valence-electron chi connectivity index (χ3n) is 7.58. The van der Waals surface area contributed by atoms with Gasteiger partial charge in [0, 0.05) is 25.2 Å². The Morgan fingerprint density at radius 2 is 1.90 bits per heavy atom. The van der Waals surface area contributed by atoms with Crippen LogP contribution in [0.3, 0.4) is 0 Å². The van der Waals surface area contributed by atoms with Crippen LogP contribution in [0.2, 0.25) is 0 Å². The van der Waals surface area contributed by atoms with Crippen LogP contribution in [-0.2, 0) is 28.6 Å². The molecule has 0 aromatic carbocycles. The highest BCUT2D eigenvalue weighted by atomic mass is 16.6. The zero-order chi connectivity index (χ0) is 29.5. The Bertz CT molecular complexity index is 950. The van der Waals surface area contributed by atoms with Crippen molar-refractivity contribution in [1.29, 1.82) is 0 Å². The largest absolute Gasteiger partial charge is 0.457 e. The summed E-state index contributed by atoms with van der Waals surface area (Å²) < 4.78 is 16.7. The molecule has 2 aliphatic rings. The molecular weight excluding hydrogens is 504 g/mol. The lowest BCUT2D eigenvalue weighted by Gasteiger charge is -2.31. The van der Waals surface area contributed by atoms with Gasteiger partial charge in [-0.25, -0.2) is 0 Å². The number of carbonyl (C=O) groups excluding carboxylic acids is 3. The number of ketones is 1. The molecule has 2 aliphatic heterocycles. The lowest BCUT2D eigenvalue weighted by Crippen LogP contribution is -2.49. The van der Waals surface area contributed by atoms with Crippen LogP contribution < -0.4 is 0 Å². The predicted molar refractivity (Wildman–Crippen MR) is 145 cm³/mol. The van der Waals surface area contributed by atoms with E-state index in [2.05, 4.69) is 6.92 Å². The maximum Gasteiger partial charge on any atom is 0.309 e. The number of hydrogen-bond donors (Lipinski definition) is 3. The molecule has 2 rings (SSSR count). The molecule has 0 aliphatic carbocycles. The average molecular weight is 551 g/mol. The number of aliphatic hydroxyl groups is 3. The van der Waals surface area contributed by atoms with Gasteiger partial charge >= 0.3 is 11.9 Å². The molecule has 39 heavy (non-hydrogen) atoms. The van der Waals surface area contributed by atoms with E-state index < -0.39 is 60.4 Å². The van der Waals surface area contributed by atoms with Crippen LogP contribution in [0, 0.1) is 17.8 Å². The topological polar surface area (TPSA) is 143 Å². The van der Waals surface area contributed by atoms with Gasteiger partial charge in [-0.05, 0) is 44.3 Å². The number of epoxide rings is 1. The van der Waals surface area contributed by atoms with Crippen molar-refractivity contribution in [3.8, 4) is 0 Å². The number of carbonyl (C=O) groups is 3. The molecule has 2 heterocycles.